The Morgan fingerprint density at radius 3 is 3.11 bits per heavy atom. The number of anilines is 1. The molecule has 0 spiro atoms. The first-order chi connectivity index (χ1) is 8.79. The molecule has 0 aliphatic carbocycles. The number of rotatable bonds is 3. The highest BCUT2D eigenvalue weighted by Gasteiger charge is 2.33. The lowest BCUT2D eigenvalue weighted by Gasteiger charge is -2.33. The third-order valence-electron chi connectivity index (χ3n) is 4.13. The van der Waals surface area contributed by atoms with Gasteiger partial charge in [0.15, 0.2) is 0 Å². The predicted octanol–water partition coefficient (Wildman–Crippen LogP) is 1.55. The smallest absolute Gasteiger partial charge is 0.125 e. The zero-order valence-corrected chi connectivity index (χ0v) is 10.4. The van der Waals surface area contributed by atoms with Crippen molar-refractivity contribution >= 4 is 5.69 Å². The van der Waals surface area contributed by atoms with E-state index in [4.69, 9.17) is 10.5 Å². The molecule has 2 heterocycles. The molecule has 18 heavy (non-hydrogen) atoms. The molecular formula is C14H19FN2O. The molecule has 2 unspecified atom stereocenters. The summed E-state index contributed by atoms with van der Waals surface area (Å²) in [5.41, 5.74) is 8.19. The van der Waals surface area contributed by atoms with Gasteiger partial charge in [-0.1, -0.05) is 6.07 Å². The molecule has 0 radical (unpaired) electrons. The Hall–Kier alpha value is -1.13. The number of ether oxygens (including phenoxy) is 1. The minimum atomic E-state index is -0.168. The Morgan fingerprint density at radius 1 is 1.50 bits per heavy atom. The first kappa shape index (κ1) is 11.9. The van der Waals surface area contributed by atoms with E-state index >= 15 is 0 Å². The van der Waals surface area contributed by atoms with Crippen molar-refractivity contribution in [1.29, 1.82) is 0 Å². The summed E-state index contributed by atoms with van der Waals surface area (Å²) < 4.78 is 18.9. The van der Waals surface area contributed by atoms with Gasteiger partial charge in [-0.05, 0) is 30.5 Å². The van der Waals surface area contributed by atoms with Crippen molar-refractivity contribution in [3.63, 3.8) is 0 Å². The number of halogens is 1. The quantitative estimate of drug-likeness (QED) is 0.884. The number of hydrogen-bond acceptors (Lipinski definition) is 3. The van der Waals surface area contributed by atoms with Crippen LogP contribution in [-0.4, -0.2) is 32.3 Å². The van der Waals surface area contributed by atoms with Gasteiger partial charge in [-0.3, -0.25) is 0 Å². The van der Waals surface area contributed by atoms with Gasteiger partial charge in [0.1, 0.15) is 5.82 Å². The first-order valence-corrected chi connectivity index (χ1v) is 6.62. The van der Waals surface area contributed by atoms with Crippen LogP contribution in [0, 0.1) is 11.7 Å². The van der Waals surface area contributed by atoms with Gasteiger partial charge in [-0.2, -0.15) is 0 Å². The van der Waals surface area contributed by atoms with E-state index in [-0.39, 0.29) is 11.9 Å². The highest BCUT2D eigenvalue weighted by atomic mass is 19.1. The van der Waals surface area contributed by atoms with Crippen LogP contribution in [0.2, 0.25) is 0 Å². The number of nitrogens with zero attached hydrogens (tertiary/aromatic N) is 1. The first-order valence-electron chi connectivity index (χ1n) is 6.62. The minimum Gasteiger partial charge on any atom is -0.381 e. The van der Waals surface area contributed by atoms with E-state index in [1.54, 1.807) is 12.1 Å². The average Bonchev–Trinajstić information content (AvgIpc) is 3.01. The molecule has 0 amide bonds. The minimum absolute atomic E-state index is 0.168. The number of benzene rings is 1. The molecule has 98 valence electrons. The lowest BCUT2D eigenvalue weighted by molar-refractivity contribution is 0.180. The average molecular weight is 250 g/mol. The highest BCUT2D eigenvalue weighted by Crippen LogP contribution is 2.33. The standard InChI is InChI=1S/C14H19FN2O/c15-12-2-1-10-3-5-17(13(10)7-12)14(8-16)11-4-6-18-9-11/h1-2,7,11,14H,3-6,8-9,16H2. The molecule has 1 aromatic rings. The van der Waals surface area contributed by atoms with Gasteiger partial charge in [0.2, 0.25) is 0 Å². The topological polar surface area (TPSA) is 38.5 Å². The molecule has 0 bridgehead atoms. The van der Waals surface area contributed by atoms with Crippen molar-refractivity contribution in [2.75, 3.05) is 31.2 Å². The molecule has 1 saturated heterocycles. The van der Waals surface area contributed by atoms with Crippen LogP contribution in [0.3, 0.4) is 0 Å². The van der Waals surface area contributed by atoms with E-state index in [2.05, 4.69) is 4.90 Å². The normalized spacial score (nSPS) is 24.3. The van der Waals surface area contributed by atoms with Crippen molar-refractivity contribution in [2.24, 2.45) is 11.7 Å². The van der Waals surface area contributed by atoms with Crippen LogP contribution < -0.4 is 10.6 Å². The monoisotopic (exact) mass is 250 g/mol. The lowest BCUT2D eigenvalue weighted by Crippen LogP contribution is -2.45. The summed E-state index contributed by atoms with van der Waals surface area (Å²) in [5, 5.41) is 0. The second-order valence-electron chi connectivity index (χ2n) is 5.14. The Labute approximate surface area is 107 Å². The van der Waals surface area contributed by atoms with E-state index in [0.29, 0.717) is 12.5 Å². The third-order valence-corrected chi connectivity index (χ3v) is 4.13. The largest absolute Gasteiger partial charge is 0.381 e. The van der Waals surface area contributed by atoms with Gasteiger partial charge < -0.3 is 15.4 Å². The fourth-order valence-corrected chi connectivity index (χ4v) is 3.15. The Kier molecular flexibility index (Phi) is 3.22. The van der Waals surface area contributed by atoms with E-state index in [9.17, 15) is 4.39 Å². The van der Waals surface area contributed by atoms with Crippen molar-refractivity contribution in [3.8, 4) is 0 Å². The lowest BCUT2D eigenvalue weighted by atomic mass is 9.97. The molecule has 3 rings (SSSR count). The number of nitrogens with two attached hydrogens (primary N) is 1. The van der Waals surface area contributed by atoms with Crippen LogP contribution in [0.25, 0.3) is 0 Å². The van der Waals surface area contributed by atoms with Crippen molar-refractivity contribution in [2.45, 2.75) is 18.9 Å². The number of hydrogen-bond donors (Lipinski definition) is 1. The van der Waals surface area contributed by atoms with Crippen LogP contribution >= 0.6 is 0 Å². The fraction of sp³-hybridized carbons (Fsp3) is 0.571. The molecule has 0 saturated carbocycles. The van der Waals surface area contributed by atoms with Crippen LogP contribution in [-0.2, 0) is 11.2 Å². The van der Waals surface area contributed by atoms with Crippen LogP contribution in [0.5, 0.6) is 0 Å². The van der Waals surface area contributed by atoms with E-state index in [1.165, 1.54) is 5.56 Å². The van der Waals surface area contributed by atoms with E-state index in [0.717, 1.165) is 38.3 Å². The van der Waals surface area contributed by atoms with E-state index < -0.39 is 0 Å². The Morgan fingerprint density at radius 2 is 2.39 bits per heavy atom. The summed E-state index contributed by atoms with van der Waals surface area (Å²) in [4.78, 5) is 2.28. The Bertz CT molecular complexity index is 432. The second kappa shape index (κ2) is 4.86. The summed E-state index contributed by atoms with van der Waals surface area (Å²) >= 11 is 0. The summed E-state index contributed by atoms with van der Waals surface area (Å²) in [6.07, 6.45) is 2.04. The molecule has 2 N–H and O–H groups in total. The number of fused-ring (bicyclic) bond motifs is 1. The second-order valence-corrected chi connectivity index (χ2v) is 5.14. The molecule has 4 heteroatoms. The predicted molar refractivity (Wildman–Crippen MR) is 69.2 cm³/mol. The fourth-order valence-electron chi connectivity index (χ4n) is 3.15. The molecule has 2 aliphatic rings. The van der Waals surface area contributed by atoms with Crippen molar-refractivity contribution < 1.29 is 9.13 Å². The molecule has 3 nitrogen and oxygen atoms in total. The highest BCUT2D eigenvalue weighted by molar-refractivity contribution is 5.59. The summed E-state index contributed by atoms with van der Waals surface area (Å²) in [6.45, 7) is 3.15. The maximum absolute atomic E-state index is 13.4. The molecule has 2 atom stereocenters. The zero-order valence-electron chi connectivity index (χ0n) is 10.4. The molecule has 0 aromatic heterocycles. The summed E-state index contributed by atoms with van der Waals surface area (Å²) in [6, 6.07) is 5.35. The van der Waals surface area contributed by atoms with Gasteiger partial charge in [-0.25, -0.2) is 4.39 Å². The van der Waals surface area contributed by atoms with Gasteiger partial charge in [0.25, 0.3) is 0 Å². The van der Waals surface area contributed by atoms with Crippen LogP contribution in [0.4, 0.5) is 10.1 Å². The van der Waals surface area contributed by atoms with Gasteiger partial charge in [0, 0.05) is 37.3 Å². The summed E-state index contributed by atoms with van der Waals surface area (Å²) in [7, 11) is 0. The molecular weight excluding hydrogens is 231 g/mol. The van der Waals surface area contributed by atoms with Crippen LogP contribution in [0.15, 0.2) is 18.2 Å². The zero-order chi connectivity index (χ0) is 12.5. The molecule has 2 aliphatic heterocycles. The molecule has 1 aromatic carbocycles. The van der Waals surface area contributed by atoms with Gasteiger partial charge in [-0.15, -0.1) is 0 Å². The SMILES string of the molecule is NCC(C1CCOC1)N1CCc2ccc(F)cc21. The van der Waals surface area contributed by atoms with Crippen molar-refractivity contribution in [3.05, 3.63) is 29.6 Å². The van der Waals surface area contributed by atoms with E-state index in [1.807, 2.05) is 6.07 Å². The Balaban J connectivity index is 1.87. The summed E-state index contributed by atoms with van der Waals surface area (Å²) in [5.74, 6) is 0.309. The van der Waals surface area contributed by atoms with Gasteiger partial charge >= 0.3 is 0 Å². The van der Waals surface area contributed by atoms with Crippen molar-refractivity contribution in [1.82, 2.24) is 0 Å². The third kappa shape index (κ3) is 1.99. The molecule has 1 fully saturated rings. The van der Waals surface area contributed by atoms with Gasteiger partial charge in [0.05, 0.1) is 6.61 Å². The maximum atomic E-state index is 13.4. The maximum Gasteiger partial charge on any atom is 0.125 e. The van der Waals surface area contributed by atoms with Crippen LogP contribution in [0.1, 0.15) is 12.0 Å².